The molecule has 1 aliphatic rings. The molecule has 1 atom stereocenters. The van der Waals surface area contributed by atoms with Gasteiger partial charge in [-0.15, -0.1) is 0 Å². The van der Waals surface area contributed by atoms with Gasteiger partial charge in [-0.1, -0.05) is 30.3 Å². The van der Waals surface area contributed by atoms with E-state index in [2.05, 4.69) is 17.0 Å². The van der Waals surface area contributed by atoms with E-state index in [4.69, 9.17) is 0 Å². The van der Waals surface area contributed by atoms with Gasteiger partial charge in [0.2, 0.25) is 5.91 Å². The van der Waals surface area contributed by atoms with Crippen LogP contribution in [0.5, 0.6) is 0 Å². The zero-order valence-corrected chi connectivity index (χ0v) is 15.7. The Labute approximate surface area is 150 Å². The number of amides is 1. The van der Waals surface area contributed by atoms with Gasteiger partial charge in [-0.25, -0.2) is 0 Å². The number of aliphatic hydroxyl groups is 1. The summed E-state index contributed by atoms with van der Waals surface area (Å²) in [5, 5.41) is 9.86. The van der Waals surface area contributed by atoms with E-state index in [0.29, 0.717) is 13.0 Å². The maximum absolute atomic E-state index is 12.5. The van der Waals surface area contributed by atoms with Crippen molar-refractivity contribution in [2.75, 3.05) is 46.1 Å². The van der Waals surface area contributed by atoms with E-state index in [9.17, 15) is 9.90 Å². The molecule has 1 aliphatic heterocycles. The first-order valence-corrected chi connectivity index (χ1v) is 9.85. The van der Waals surface area contributed by atoms with Crippen LogP contribution in [0.1, 0.15) is 24.8 Å². The van der Waals surface area contributed by atoms with Crippen molar-refractivity contribution in [1.82, 2.24) is 9.80 Å². The molecule has 1 aromatic rings. The number of piperidine rings is 1. The lowest BCUT2D eigenvalue weighted by atomic mass is 9.80. The van der Waals surface area contributed by atoms with Gasteiger partial charge >= 0.3 is 0 Å². The highest BCUT2D eigenvalue weighted by atomic mass is 32.2. The Hall–Kier alpha value is -1.04. The van der Waals surface area contributed by atoms with Gasteiger partial charge in [0, 0.05) is 43.0 Å². The van der Waals surface area contributed by atoms with Gasteiger partial charge in [0.1, 0.15) is 0 Å². The van der Waals surface area contributed by atoms with Crippen LogP contribution >= 0.6 is 11.8 Å². The number of carbonyl (C=O) groups is 1. The van der Waals surface area contributed by atoms with Gasteiger partial charge in [-0.05, 0) is 32.5 Å². The van der Waals surface area contributed by atoms with Crippen LogP contribution in [0.25, 0.3) is 0 Å². The molecule has 0 aromatic heterocycles. The van der Waals surface area contributed by atoms with Crippen LogP contribution in [0.15, 0.2) is 30.3 Å². The molecule has 1 saturated heterocycles. The Kier molecular flexibility index (Phi) is 7.59. The molecule has 1 N–H and O–H groups in total. The zero-order valence-electron chi connectivity index (χ0n) is 14.9. The van der Waals surface area contributed by atoms with Crippen LogP contribution in [-0.4, -0.2) is 66.9 Å². The number of thioether (sulfide) groups is 1. The van der Waals surface area contributed by atoms with Gasteiger partial charge in [-0.2, -0.15) is 11.8 Å². The fourth-order valence-electron chi connectivity index (χ4n) is 3.48. The smallest absolute Gasteiger partial charge is 0.223 e. The summed E-state index contributed by atoms with van der Waals surface area (Å²) in [6.45, 7) is 2.50. The van der Waals surface area contributed by atoms with Crippen molar-refractivity contribution < 1.29 is 9.90 Å². The second-order valence-electron chi connectivity index (χ2n) is 7.10. The van der Waals surface area contributed by atoms with E-state index in [-0.39, 0.29) is 17.9 Å². The normalized spacial score (nSPS) is 21.2. The predicted molar refractivity (Wildman–Crippen MR) is 101 cm³/mol. The summed E-state index contributed by atoms with van der Waals surface area (Å²) in [6.07, 6.45) is 2.56. The molecule has 0 spiro atoms. The minimum atomic E-state index is -0.158. The van der Waals surface area contributed by atoms with Gasteiger partial charge in [-0.3, -0.25) is 4.79 Å². The number of likely N-dealkylation sites (tertiary alicyclic amines) is 1. The van der Waals surface area contributed by atoms with Gasteiger partial charge < -0.3 is 14.9 Å². The minimum absolute atomic E-state index is 0.151. The highest BCUT2D eigenvalue weighted by molar-refractivity contribution is 7.98. The first kappa shape index (κ1) is 19.3. The SMILES string of the molecule is CN(C)CC1(CO)CCCN(C(=O)CCSCc2ccccc2)C1. The molecule has 24 heavy (non-hydrogen) atoms. The number of rotatable bonds is 8. The van der Waals surface area contributed by atoms with E-state index in [0.717, 1.165) is 37.4 Å². The molecule has 1 unspecified atom stereocenters. The van der Waals surface area contributed by atoms with Gasteiger partial charge in [0.15, 0.2) is 0 Å². The maximum atomic E-state index is 12.5. The molecule has 0 saturated carbocycles. The molecule has 5 heteroatoms. The summed E-state index contributed by atoms with van der Waals surface area (Å²) in [4.78, 5) is 16.6. The third-order valence-electron chi connectivity index (χ3n) is 4.57. The fourth-order valence-corrected chi connectivity index (χ4v) is 4.37. The van der Waals surface area contributed by atoms with E-state index < -0.39 is 0 Å². The Balaban J connectivity index is 1.77. The van der Waals surface area contributed by atoms with Crippen molar-refractivity contribution in [3.05, 3.63) is 35.9 Å². The lowest BCUT2D eigenvalue weighted by Crippen LogP contribution is -2.52. The molecular formula is C19H30N2O2S. The second kappa shape index (κ2) is 9.44. The number of hydrogen-bond acceptors (Lipinski definition) is 4. The molecule has 0 aliphatic carbocycles. The molecule has 2 rings (SSSR count). The third-order valence-corrected chi connectivity index (χ3v) is 5.60. The van der Waals surface area contributed by atoms with Crippen molar-refractivity contribution in [3.63, 3.8) is 0 Å². The second-order valence-corrected chi connectivity index (χ2v) is 8.21. The summed E-state index contributed by atoms with van der Waals surface area (Å²) in [6, 6.07) is 10.4. The Morgan fingerprint density at radius 2 is 2.08 bits per heavy atom. The quantitative estimate of drug-likeness (QED) is 0.732. The van der Waals surface area contributed by atoms with E-state index in [1.54, 1.807) is 0 Å². The summed E-state index contributed by atoms with van der Waals surface area (Å²) in [7, 11) is 4.05. The molecule has 0 radical (unpaired) electrons. The maximum Gasteiger partial charge on any atom is 0.223 e. The van der Waals surface area contributed by atoms with Crippen molar-refractivity contribution >= 4 is 17.7 Å². The third kappa shape index (κ3) is 5.80. The van der Waals surface area contributed by atoms with E-state index in [1.165, 1.54) is 5.56 Å². The Morgan fingerprint density at radius 3 is 2.75 bits per heavy atom. The number of benzene rings is 1. The standard InChI is InChI=1S/C19H30N2O2S/c1-20(2)14-19(16-22)10-6-11-21(15-19)18(23)9-12-24-13-17-7-4-3-5-8-17/h3-5,7-8,22H,6,9-16H2,1-2H3. The van der Waals surface area contributed by atoms with Gasteiger partial charge in [0.05, 0.1) is 6.61 Å². The average Bonchev–Trinajstić information content (AvgIpc) is 2.59. The first-order chi connectivity index (χ1) is 11.5. The monoisotopic (exact) mass is 350 g/mol. The molecular weight excluding hydrogens is 320 g/mol. The molecule has 1 aromatic carbocycles. The molecule has 1 fully saturated rings. The highest BCUT2D eigenvalue weighted by Crippen LogP contribution is 2.30. The number of aliphatic hydroxyl groups excluding tert-OH is 1. The van der Waals surface area contributed by atoms with Crippen molar-refractivity contribution in [2.45, 2.75) is 25.0 Å². The van der Waals surface area contributed by atoms with Crippen molar-refractivity contribution in [3.8, 4) is 0 Å². The summed E-state index contributed by atoms with van der Waals surface area (Å²) >= 11 is 1.81. The molecule has 1 amide bonds. The number of hydrogen-bond donors (Lipinski definition) is 1. The summed E-state index contributed by atoms with van der Waals surface area (Å²) in [5.41, 5.74) is 1.15. The predicted octanol–water partition coefficient (Wildman–Crippen LogP) is 2.47. The minimum Gasteiger partial charge on any atom is -0.396 e. The van der Waals surface area contributed by atoms with Crippen LogP contribution < -0.4 is 0 Å². The number of nitrogens with zero attached hydrogens (tertiary/aromatic N) is 2. The van der Waals surface area contributed by atoms with Crippen LogP contribution in [0.3, 0.4) is 0 Å². The van der Waals surface area contributed by atoms with E-state index in [1.807, 2.05) is 49.0 Å². The highest BCUT2D eigenvalue weighted by Gasteiger charge is 2.36. The molecule has 0 bridgehead atoms. The molecule has 4 nitrogen and oxygen atoms in total. The zero-order chi connectivity index (χ0) is 17.4. The van der Waals surface area contributed by atoms with E-state index >= 15 is 0 Å². The lowest BCUT2D eigenvalue weighted by molar-refractivity contribution is -0.135. The summed E-state index contributed by atoms with van der Waals surface area (Å²) < 4.78 is 0. The van der Waals surface area contributed by atoms with Crippen LogP contribution in [0, 0.1) is 5.41 Å². The van der Waals surface area contributed by atoms with Crippen LogP contribution in [0.2, 0.25) is 0 Å². The fraction of sp³-hybridized carbons (Fsp3) is 0.632. The Bertz CT molecular complexity index is 509. The summed E-state index contributed by atoms with van der Waals surface area (Å²) in [5.74, 6) is 2.03. The van der Waals surface area contributed by atoms with Crippen molar-refractivity contribution in [1.29, 1.82) is 0 Å². The van der Waals surface area contributed by atoms with Crippen LogP contribution in [0.4, 0.5) is 0 Å². The molecule has 134 valence electrons. The largest absolute Gasteiger partial charge is 0.396 e. The van der Waals surface area contributed by atoms with Gasteiger partial charge in [0.25, 0.3) is 0 Å². The molecule has 1 heterocycles. The van der Waals surface area contributed by atoms with Crippen molar-refractivity contribution in [2.24, 2.45) is 5.41 Å². The van der Waals surface area contributed by atoms with Crippen LogP contribution in [-0.2, 0) is 10.5 Å². The first-order valence-electron chi connectivity index (χ1n) is 8.70. The Morgan fingerprint density at radius 1 is 1.33 bits per heavy atom. The lowest BCUT2D eigenvalue weighted by Gasteiger charge is -2.43. The topological polar surface area (TPSA) is 43.8 Å². The average molecular weight is 351 g/mol. The number of carbonyl (C=O) groups excluding carboxylic acids is 1.